The van der Waals surface area contributed by atoms with Crippen molar-refractivity contribution in [2.45, 2.75) is 25.4 Å². The number of benzene rings is 1. The third kappa shape index (κ3) is 4.93. The minimum absolute atomic E-state index is 0.0208. The number of rotatable bonds is 6. The summed E-state index contributed by atoms with van der Waals surface area (Å²) >= 11 is 6.11. The third-order valence-electron chi connectivity index (χ3n) is 5.54. The van der Waals surface area contributed by atoms with Gasteiger partial charge in [-0.3, -0.25) is 9.36 Å². The number of hydrogen-bond acceptors (Lipinski definition) is 6. The molecule has 1 fully saturated rings. The Hall–Kier alpha value is -3.59. The fraction of sp³-hybridized carbons (Fsp3) is 0.304. The number of carbonyl (C=O) groups excluding carboxylic acids is 1. The molecule has 3 aromatic rings. The molecule has 0 saturated carbocycles. The lowest BCUT2D eigenvalue weighted by atomic mass is 10.1. The number of halogens is 1. The molecule has 2 aromatic heterocycles. The number of amides is 2. The summed E-state index contributed by atoms with van der Waals surface area (Å²) < 4.78 is 6.71. The number of pyridine rings is 1. The van der Waals surface area contributed by atoms with Crippen molar-refractivity contribution in [2.75, 3.05) is 30.4 Å². The number of fused-ring (bicyclic) bond motifs is 1. The van der Waals surface area contributed by atoms with Crippen molar-refractivity contribution in [3.05, 3.63) is 64.6 Å². The van der Waals surface area contributed by atoms with Crippen LogP contribution in [0.25, 0.3) is 11.2 Å². The summed E-state index contributed by atoms with van der Waals surface area (Å²) in [6, 6.07) is 8.37. The van der Waals surface area contributed by atoms with Gasteiger partial charge in [0.15, 0.2) is 11.5 Å². The molecule has 1 aliphatic rings. The number of nitrogens with zero attached hydrogens (tertiary/aromatic N) is 4. The molecule has 0 aliphatic carbocycles. The smallest absolute Gasteiger partial charge is 0.319 e. The van der Waals surface area contributed by atoms with E-state index in [1.165, 1.54) is 7.11 Å². The second-order valence-electron chi connectivity index (χ2n) is 7.70. The number of carbonyl (C=O) groups is 1. The van der Waals surface area contributed by atoms with Crippen LogP contribution in [0.3, 0.4) is 0 Å². The van der Waals surface area contributed by atoms with E-state index >= 15 is 0 Å². The van der Waals surface area contributed by atoms with E-state index in [-0.39, 0.29) is 17.6 Å². The normalized spacial score (nSPS) is 14.2. The highest BCUT2D eigenvalue weighted by atomic mass is 35.5. The molecule has 1 aliphatic heterocycles. The van der Waals surface area contributed by atoms with Gasteiger partial charge in [0.1, 0.15) is 11.3 Å². The van der Waals surface area contributed by atoms with Crippen LogP contribution in [-0.2, 0) is 6.54 Å². The van der Waals surface area contributed by atoms with Crippen LogP contribution in [0.4, 0.5) is 16.3 Å². The van der Waals surface area contributed by atoms with E-state index in [2.05, 4.69) is 27.2 Å². The van der Waals surface area contributed by atoms with Gasteiger partial charge in [-0.2, -0.15) is 0 Å². The van der Waals surface area contributed by atoms with Gasteiger partial charge >= 0.3 is 6.03 Å². The van der Waals surface area contributed by atoms with Gasteiger partial charge in [0.25, 0.3) is 5.56 Å². The topological polar surface area (TPSA) is 101 Å². The number of allylic oxidation sites excluding steroid dienone is 1. The second-order valence-corrected chi connectivity index (χ2v) is 8.10. The number of methoxy groups -OCH3 is 1. The zero-order chi connectivity index (χ0) is 23.4. The van der Waals surface area contributed by atoms with Crippen molar-refractivity contribution < 1.29 is 9.53 Å². The van der Waals surface area contributed by atoms with Crippen LogP contribution >= 0.6 is 11.6 Å². The van der Waals surface area contributed by atoms with Crippen LogP contribution in [0.15, 0.2) is 54.0 Å². The molecule has 3 heterocycles. The summed E-state index contributed by atoms with van der Waals surface area (Å²) in [7, 11) is 1.53. The highest BCUT2D eigenvalue weighted by molar-refractivity contribution is 6.32. The van der Waals surface area contributed by atoms with Crippen molar-refractivity contribution in [2.24, 2.45) is 0 Å². The Balaban J connectivity index is 1.41. The van der Waals surface area contributed by atoms with Crippen molar-refractivity contribution in [3.8, 4) is 5.75 Å². The fourth-order valence-electron chi connectivity index (χ4n) is 3.90. The molecule has 2 amide bonds. The molecule has 0 spiro atoms. The lowest BCUT2D eigenvalue weighted by molar-refractivity contribution is 0.246. The molecule has 9 nitrogen and oxygen atoms in total. The largest absolute Gasteiger partial charge is 0.495 e. The molecule has 33 heavy (non-hydrogen) atoms. The van der Waals surface area contributed by atoms with Gasteiger partial charge in [0, 0.05) is 37.6 Å². The van der Waals surface area contributed by atoms with Crippen molar-refractivity contribution in [1.29, 1.82) is 0 Å². The van der Waals surface area contributed by atoms with Gasteiger partial charge in [-0.25, -0.2) is 14.8 Å². The molecule has 0 bridgehead atoms. The maximum Gasteiger partial charge on any atom is 0.319 e. The number of piperidine rings is 1. The molecular weight excluding hydrogens is 444 g/mol. The molecule has 1 aromatic carbocycles. The van der Waals surface area contributed by atoms with E-state index < -0.39 is 0 Å². The molecule has 10 heteroatoms. The standard InChI is InChI=1S/C23H25ClN6O3/c1-3-11-30-20-18(5-4-10-25-20)28-21(22(30)31)29-12-8-15(9-13-29)26-23(32)27-16-6-7-19(33-2)17(24)14-16/h3-7,10,14-15H,1,8-9,11-13H2,2H3,(H2,26,27,32). The molecule has 0 unspecified atom stereocenters. The first kappa shape index (κ1) is 22.6. The average Bonchev–Trinajstić information content (AvgIpc) is 2.81. The van der Waals surface area contributed by atoms with Gasteiger partial charge in [-0.1, -0.05) is 17.7 Å². The van der Waals surface area contributed by atoms with Crippen LogP contribution in [0, 0.1) is 0 Å². The van der Waals surface area contributed by atoms with Crippen LogP contribution < -0.4 is 25.8 Å². The highest BCUT2D eigenvalue weighted by Crippen LogP contribution is 2.27. The van der Waals surface area contributed by atoms with E-state index in [1.807, 2.05) is 11.0 Å². The first-order valence-electron chi connectivity index (χ1n) is 10.6. The maximum absolute atomic E-state index is 13.1. The lowest BCUT2D eigenvalue weighted by Gasteiger charge is -2.33. The number of nitrogens with one attached hydrogen (secondary N) is 2. The van der Waals surface area contributed by atoms with Crippen molar-refractivity contribution in [3.63, 3.8) is 0 Å². The maximum atomic E-state index is 13.1. The number of urea groups is 1. The lowest BCUT2D eigenvalue weighted by Crippen LogP contribution is -2.47. The quantitative estimate of drug-likeness (QED) is 0.537. The van der Waals surface area contributed by atoms with Gasteiger partial charge in [0.2, 0.25) is 0 Å². The zero-order valence-electron chi connectivity index (χ0n) is 18.3. The Morgan fingerprint density at radius 1 is 1.33 bits per heavy atom. The van der Waals surface area contributed by atoms with Crippen molar-refractivity contribution in [1.82, 2.24) is 19.9 Å². The van der Waals surface area contributed by atoms with E-state index in [1.54, 1.807) is 41.1 Å². The van der Waals surface area contributed by atoms with Gasteiger partial charge in [-0.05, 0) is 43.2 Å². The average molecular weight is 469 g/mol. The summed E-state index contributed by atoms with van der Waals surface area (Å²) in [6.45, 7) is 5.30. The second kappa shape index (κ2) is 9.91. The SMILES string of the molecule is C=CCn1c(=O)c(N2CCC(NC(=O)Nc3ccc(OC)c(Cl)c3)CC2)nc2cccnc21. The van der Waals surface area contributed by atoms with E-state index in [9.17, 15) is 9.59 Å². The van der Waals surface area contributed by atoms with Crippen molar-refractivity contribution >= 4 is 40.3 Å². The molecule has 0 atom stereocenters. The van der Waals surface area contributed by atoms with Crippen LogP contribution in [0.1, 0.15) is 12.8 Å². The summed E-state index contributed by atoms with van der Waals surface area (Å²) in [5.74, 6) is 0.938. The van der Waals surface area contributed by atoms with Gasteiger partial charge < -0.3 is 20.3 Å². The summed E-state index contributed by atoms with van der Waals surface area (Å²) in [5, 5.41) is 6.19. The number of hydrogen-bond donors (Lipinski definition) is 2. The van der Waals surface area contributed by atoms with E-state index in [4.69, 9.17) is 16.3 Å². The third-order valence-corrected chi connectivity index (χ3v) is 5.83. The first-order valence-corrected chi connectivity index (χ1v) is 11.0. The summed E-state index contributed by atoms with van der Waals surface area (Å²) in [6.07, 6.45) is 4.68. The first-order chi connectivity index (χ1) is 16.0. The predicted octanol–water partition coefficient (Wildman–Crippen LogP) is 3.43. The monoisotopic (exact) mass is 468 g/mol. The number of anilines is 2. The Kier molecular flexibility index (Phi) is 6.79. The molecule has 2 N–H and O–H groups in total. The Morgan fingerprint density at radius 3 is 2.82 bits per heavy atom. The summed E-state index contributed by atoms with van der Waals surface area (Å²) in [5.41, 5.74) is 1.58. The highest BCUT2D eigenvalue weighted by Gasteiger charge is 2.24. The summed E-state index contributed by atoms with van der Waals surface area (Å²) in [4.78, 5) is 36.4. The Bertz CT molecular complexity index is 1240. The van der Waals surface area contributed by atoms with Crippen LogP contribution in [-0.4, -0.2) is 46.8 Å². The Morgan fingerprint density at radius 2 is 2.12 bits per heavy atom. The fourth-order valence-corrected chi connectivity index (χ4v) is 4.16. The number of aromatic nitrogens is 3. The molecule has 1 saturated heterocycles. The predicted molar refractivity (Wildman–Crippen MR) is 129 cm³/mol. The van der Waals surface area contributed by atoms with Crippen LogP contribution in [0.5, 0.6) is 5.75 Å². The minimum atomic E-state index is -0.307. The van der Waals surface area contributed by atoms with Gasteiger partial charge in [0.05, 0.1) is 12.1 Å². The van der Waals surface area contributed by atoms with E-state index in [0.29, 0.717) is 65.9 Å². The molecule has 172 valence electrons. The molecular formula is C23H25ClN6O3. The molecule has 4 rings (SSSR count). The van der Waals surface area contributed by atoms with Crippen LogP contribution in [0.2, 0.25) is 5.02 Å². The Labute approximate surface area is 196 Å². The minimum Gasteiger partial charge on any atom is -0.495 e. The number of ether oxygens (including phenoxy) is 1. The van der Waals surface area contributed by atoms with Gasteiger partial charge in [-0.15, -0.1) is 6.58 Å². The molecule has 0 radical (unpaired) electrons. The van der Waals surface area contributed by atoms with E-state index in [0.717, 1.165) is 0 Å². The zero-order valence-corrected chi connectivity index (χ0v) is 19.0.